The first-order valence-electron chi connectivity index (χ1n) is 6.85. The van der Waals surface area contributed by atoms with Crippen LogP contribution < -0.4 is 5.48 Å². The number of nitrogens with one attached hydrogen (secondary N) is 1. The number of hydrogen-bond acceptors (Lipinski definition) is 3. The van der Waals surface area contributed by atoms with Crippen LogP contribution in [0, 0.1) is 0 Å². The third-order valence-electron chi connectivity index (χ3n) is 3.92. The highest BCUT2D eigenvalue weighted by molar-refractivity contribution is 5.75. The summed E-state index contributed by atoms with van der Waals surface area (Å²) in [7, 11) is 0. The summed E-state index contributed by atoms with van der Waals surface area (Å²) in [5.74, 6) is -0.179. The molecule has 0 aromatic heterocycles. The van der Waals surface area contributed by atoms with E-state index in [4.69, 9.17) is 4.84 Å². The molecule has 1 amide bonds. The Hall–Kier alpha value is -0.610. The van der Waals surface area contributed by atoms with Crippen LogP contribution in [0.15, 0.2) is 0 Å². The quantitative estimate of drug-likeness (QED) is 0.741. The zero-order valence-corrected chi connectivity index (χ0v) is 10.4. The van der Waals surface area contributed by atoms with Crippen molar-refractivity contribution in [2.75, 3.05) is 0 Å². The smallest absolute Gasteiger partial charge is 0.246 e. The molecule has 4 heteroatoms. The van der Waals surface area contributed by atoms with Crippen LogP contribution in [0.25, 0.3) is 0 Å². The minimum absolute atomic E-state index is 0.179. The van der Waals surface area contributed by atoms with E-state index >= 15 is 0 Å². The number of carbonyl (C=O) groups excluding carboxylic acids is 1. The fourth-order valence-corrected chi connectivity index (χ4v) is 2.88. The Bertz CT molecular complexity index is 255. The number of carbonyl (C=O) groups is 1. The maximum Gasteiger partial charge on any atom is 0.246 e. The van der Waals surface area contributed by atoms with E-state index in [2.05, 4.69) is 5.48 Å². The molecule has 0 unspecified atom stereocenters. The Morgan fingerprint density at radius 1 is 1.18 bits per heavy atom. The van der Waals surface area contributed by atoms with Gasteiger partial charge in [-0.3, -0.25) is 9.63 Å². The van der Waals surface area contributed by atoms with Gasteiger partial charge in [0.25, 0.3) is 0 Å². The number of rotatable bonds is 4. The van der Waals surface area contributed by atoms with Crippen LogP contribution in [0.1, 0.15) is 64.2 Å². The molecule has 2 saturated carbocycles. The first kappa shape index (κ1) is 12.8. The minimum Gasteiger partial charge on any atom is -0.389 e. The van der Waals surface area contributed by atoms with Crippen LogP contribution in [-0.4, -0.2) is 22.7 Å². The van der Waals surface area contributed by atoms with Gasteiger partial charge in [0.15, 0.2) is 0 Å². The number of aliphatic hydroxyl groups is 1. The zero-order valence-electron chi connectivity index (χ0n) is 10.4. The molecule has 98 valence electrons. The summed E-state index contributed by atoms with van der Waals surface area (Å²) in [6, 6.07) is 0. The largest absolute Gasteiger partial charge is 0.389 e. The summed E-state index contributed by atoms with van der Waals surface area (Å²) in [5, 5.41) is 10.2. The van der Waals surface area contributed by atoms with Crippen molar-refractivity contribution >= 4 is 5.91 Å². The predicted molar refractivity (Wildman–Crippen MR) is 64.1 cm³/mol. The summed E-state index contributed by atoms with van der Waals surface area (Å²) in [5.41, 5.74) is 1.71. The second-order valence-electron chi connectivity index (χ2n) is 5.51. The molecular formula is C13H23NO3. The lowest BCUT2D eigenvalue weighted by molar-refractivity contribution is -0.144. The maximum absolute atomic E-state index is 11.7. The van der Waals surface area contributed by atoms with E-state index in [1.165, 1.54) is 19.3 Å². The molecular weight excluding hydrogens is 218 g/mol. The maximum atomic E-state index is 11.7. The summed E-state index contributed by atoms with van der Waals surface area (Å²) >= 11 is 0. The van der Waals surface area contributed by atoms with Gasteiger partial charge in [-0.15, -0.1) is 0 Å². The molecule has 0 aromatic rings. The van der Waals surface area contributed by atoms with E-state index in [9.17, 15) is 9.90 Å². The van der Waals surface area contributed by atoms with Crippen molar-refractivity contribution in [2.45, 2.75) is 75.9 Å². The second kappa shape index (κ2) is 5.83. The molecule has 2 rings (SSSR count). The molecule has 2 aliphatic rings. The normalized spacial score (nSPS) is 24.8. The molecule has 0 atom stereocenters. The molecule has 4 nitrogen and oxygen atoms in total. The SMILES string of the molecule is O=C(CC1(O)CCCCC1)NOC1CCCC1. The average molecular weight is 241 g/mol. The van der Waals surface area contributed by atoms with Crippen LogP contribution in [-0.2, 0) is 9.63 Å². The molecule has 17 heavy (non-hydrogen) atoms. The van der Waals surface area contributed by atoms with Crippen LogP contribution in [0.5, 0.6) is 0 Å². The third-order valence-corrected chi connectivity index (χ3v) is 3.92. The van der Waals surface area contributed by atoms with Crippen molar-refractivity contribution in [3.05, 3.63) is 0 Å². The first-order chi connectivity index (χ1) is 8.18. The fraction of sp³-hybridized carbons (Fsp3) is 0.923. The fourth-order valence-electron chi connectivity index (χ4n) is 2.88. The number of hydroxylamine groups is 1. The highest BCUT2D eigenvalue weighted by Crippen LogP contribution is 2.30. The monoisotopic (exact) mass is 241 g/mol. The van der Waals surface area contributed by atoms with Crippen molar-refractivity contribution in [3.8, 4) is 0 Å². The van der Waals surface area contributed by atoms with Gasteiger partial charge in [0.2, 0.25) is 5.91 Å². The lowest BCUT2D eigenvalue weighted by Crippen LogP contribution is -2.39. The molecule has 0 aromatic carbocycles. The Labute approximate surface area is 103 Å². The summed E-state index contributed by atoms with van der Waals surface area (Å²) in [6.07, 6.45) is 9.49. The lowest BCUT2D eigenvalue weighted by atomic mass is 9.82. The molecule has 0 aliphatic heterocycles. The Morgan fingerprint density at radius 3 is 2.47 bits per heavy atom. The van der Waals surface area contributed by atoms with Gasteiger partial charge < -0.3 is 5.11 Å². The van der Waals surface area contributed by atoms with Gasteiger partial charge in [0, 0.05) is 0 Å². The molecule has 0 bridgehead atoms. The topological polar surface area (TPSA) is 58.6 Å². The van der Waals surface area contributed by atoms with E-state index < -0.39 is 5.60 Å². The van der Waals surface area contributed by atoms with E-state index in [0.717, 1.165) is 38.5 Å². The minimum atomic E-state index is -0.790. The highest BCUT2D eigenvalue weighted by Gasteiger charge is 2.32. The van der Waals surface area contributed by atoms with Gasteiger partial charge >= 0.3 is 0 Å². The van der Waals surface area contributed by atoms with Crippen molar-refractivity contribution < 1.29 is 14.7 Å². The predicted octanol–water partition coefficient (Wildman–Crippen LogP) is 2.06. The van der Waals surface area contributed by atoms with Crippen LogP contribution >= 0.6 is 0 Å². The summed E-state index contributed by atoms with van der Waals surface area (Å²) in [4.78, 5) is 17.0. The lowest BCUT2D eigenvalue weighted by Gasteiger charge is -2.31. The Kier molecular flexibility index (Phi) is 4.40. The summed E-state index contributed by atoms with van der Waals surface area (Å²) < 4.78 is 0. The van der Waals surface area contributed by atoms with E-state index in [-0.39, 0.29) is 18.4 Å². The van der Waals surface area contributed by atoms with Crippen molar-refractivity contribution in [3.63, 3.8) is 0 Å². The second-order valence-corrected chi connectivity index (χ2v) is 5.51. The highest BCUT2D eigenvalue weighted by atomic mass is 16.7. The van der Waals surface area contributed by atoms with Gasteiger partial charge in [0.05, 0.1) is 18.1 Å². The van der Waals surface area contributed by atoms with Gasteiger partial charge in [0.1, 0.15) is 0 Å². The molecule has 2 fully saturated rings. The van der Waals surface area contributed by atoms with Crippen molar-refractivity contribution in [1.29, 1.82) is 0 Å². The zero-order chi connectivity index (χ0) is 12.1. The van der Waals surface area contributed by atoms with Crippen molar-refractivity contribution in [2.24, 2.45) is 0 Å². The molecule has 2 N–H and O–H groups in total. The molecule has 2 aliphatic carbocycles. The van der Waals surface area contributed by atoms with Gasteiger partial charge in [-0.25, -0.2) is 5.48 Å². The van der Waals surface area contributed by atoms with Gasteiger partial charge in [-0.2, -0.15) is 0 Å². The van der Waals surface area contributed by atoms with E-state index in [1.54, 1.807) is 0 Å². The van der Waals surface area contributed by atoms with Gasteiger partial charge in [-0.05, 0) is 25.7 Å². The first-order valence-corrected chi connectivity index (χ1v) is 6.85. The summed E-state index contributed by atoms with van der Waals surface area (Å²) in [6.45, 7) is 0. The third kappa shape index (κ3) is 3.96. The molecule has 0 saturated heterocycles. The standard InChI is InChI=1S/C13H23NO3/c15-12(14-17-11-6-2-3-7-11)10-13(16)8-4-1-5-9-13/h11,16H,1-10H2,(H,14,15). The van der Waals surface area contributed by atoms with Crippen molar-refractivity contribution in [1.82, 2.24) is 5.48 Å². The number of amides is 1. The van der Waals surface area contributed by atoms with Gasteiger partial charge in [-0.1, -0.05) is 32.1 Å². The molecule has 0 heterocycles. The van der Waals surface area contributed by atoms with Crippen LogP contribution in [0.2, 0.25) is 0 Å². The Balaban J connectivity index is 1.68. The molecule has 0 spiro atoms. The van der Waals surface area contributed by atoms with Crippen LogP contribution in [0.4, 0.5) is 0 Å². The van der Waals surface area contributed by atoms with E-state index in [1.807, 2.05) is 0 Å². The number of hydrogen-bond donors (Lipinski definition) is 2. The average Bonchev–Trinajstić information content (AvgIpc) is 2.79. The van der Waals surface area contributed by atoms with Crippen LogP contribution in [0.3, 0.4) is 0 Å². The molecule has 0 radical (unpaired) electrons. The van der Waals surface area contributed by atoms with E-state index in [0.29, 0.717) is 0 Å². The Morgan fingerprint density at radius 2 is 1.82 bits per heavy atom.